The predicted molar refractivity (Wildman–Crippen MR) is 101 cm³/mol. The molecule has 0 aliphatic heterocycles. The number of ether oxygens (including phenoxy) is 2. The minimum absolute atomic E-state index is 0.143. The van der Waals surface area contributed by atoms with Crippen molar-refractivity contribution >= 4 is 29.1 Å². The molecule has 2 aromatic rings. The fraction of sp³-hybridized carbons (Fsp3) is 0.263. The Hall–Kier alpha value is -2.42. The molecule has 5 nitrogen and oxygen atoms in total. The number of amides is 1. The van der Waals surface area contributed by atoms with Gasteiger partial charge in [0.25, 0.3) is 0 Å². The van der Waals surface area contributed by atoms with Gasteiger partial charge in [-0.05, 0) is 36.2 Å². The molecule has 0 aliphatic carbocycles. The van der Waals surface area contributed by atoms with E-state index < -0.39 is 0 Å². The fourth-order valence-corrected chi connectivity index (χ4v) is 2.80. The second kappa shape index (κ2) is 9.91. The maximum atomic E-state index is 11.3. The van der Waals surface area contributed by atoms with Gasteiger partial charge >= 0.3 is 0 Å². The van der Waals surface area contributed by atoms with Crippen molar-refractivity contribution in [1.82, 2.24) is 5.32 Å². The van der Waals surface area contributed by atoms with Crippen molar-refractivity contribution in [2.75, 3.05) is 13.7 Å². The molecule has 0 aliphatic rings. The highest BCUT2D eigenvalue weighted by Crippen LogP contribution is 2.31. The molecule has 0 saturated heterocycles. The number of nitrogens with zero attached hydrogens (tertiary/aromatic N) is 1. The van der Waals surface area contributed by atoms with Crippen LogP contribution in [0.5, 0.6) is 11.5 Å². The number of benzene rings is 2. The topological polar surface area (TPSA) is 71.3 Å². The molecule has 0 bridgehead atoms. The summed E-state index contributed by atoms with van der Waals surface area (Å²) in [6.45, 7) is 0.639. The van der Waals surface area contributed by atoms with Crippen molar-refractivity contribution in [2.24, 2.45) is 0 Å². The molecule has 0 heterocycles. The first-order valence-electron chi connectivity index (χ1n) is 7.91. The molecule has 2 aromatic carbocycles. The van der Waals surface area contributed by atoms with Crippen LogP contribution in [-0.2, 0) is 17.8 Å². The molecular weight excluding hydrogens is 375 g/mol. The van der Waals surface area contributed by atoms with E-state index in [2.05, 4.69) is 5.32 Å². The Bertz CT molecular complexity index is 799. The number of rotatable bonds is 8. The molecule has 1 amide bonds. The van der Waals surface area contributed by atoms with Crippen LogP contribution in [-0.4, -0.2) is 19.6 Å². The molecule has 0 unspecified atom stereocenters. The van der Waals surface area contributed by atoms with Gasteiger partial charge in [-0.25, -0.2) is 0 Å². The lowest BCUT2D eigenvalue weighted by atomic mass is 10.1. The van der Waals surface area contributed by atoms with Gasteiger partial charge in [-0.1, -0.05) is 35.3 Å². The van der Waals surface area contributed by atoms with Crippen molar-refractivity contribution in [3.05, 3.63) is 57.6 Å². The van der Waals surface area contributed by atoms with Gasteiger partial charge in [0.1, 0.15) is 13.0 Å². The van der Waals surface area contributed by atoms with Gasteiger partial charge in [0.2, 0.25) is 5.91 Å². The molecule has 0 aromatic heterocycles. The van der Waals surface area contributed by atoms with Crippen molar-refractivity contribution in [3.63, 3.8) is 0 Å². The second-order valence-electron chi connectivity index (χ2n) is 5.41. The molecule has 0 atom stereocenters. The van der Waals surface area contributed by atoms with Crippen LogP contribution >= 0.6 is 23.2 Å². The van der Waals surface area contributed by atoms with E-state index in [1.54, 1.807) is 31.4 Å². The van der Waals surface area contributed by atoms with E-state index in [9.17, 15) is 4.79 Å². The lowest BCUT2D eigenvalue weighted by Crippen LogP contribution is -2.24. The zero-order valence-electron chi connectivity index (χ0n) is 14.2. The predicted octanol–water partition coefficient (Wildman–Crippen LogP) is 4.15. The average molecular weight is 393 g/mol. The first-order valence-corrected chi connectivity index (χ1v) is 8.67. The summed E-state index contributed by atoms with van der Waals surface area (Å²) in [5.41, 5.74) is 1.66. The van der Waals surface area contributed by atoms with E-state index in [1.165, 1.54) is 0 Å². The average Bonchev–Trinajstić information content (AvgIpc) is 2.62. The Kier molecular flexibility index (Phi) is 7.58. The summed E-state index contributed by atoms with van der Waals surface area (Å²) in [4.78, 5) is 11.3. The number of carbonyl (C=O) groups excluding carboxylic acids is 1. The van der Waals surface area contributed by atoms with Crippen LogP contribution in [0.1, 0.15) is 17.5 Å². The normalized spacial score (nSPS) is 10.1. The maximum absolute atomic E-state index is 11.3. The number of nitriles is 1. The Morgan fingerprint density at radius 3 is 2.58 bits per heavy atom. The van der Waals surface area contributed by atoms with Crippen molar-refractivity contribution < 1.29 is 14.3 Å². The van der Waals surface area contributed by atoms with Crippen LogP contribution in [0, 0.1) is 11.3 Å². The van der Waals surface area contributed by atoms with Gasteiger partial charge in [0.05, 0.1) is 13.2 Å². The monoisotopic (exact) mass is 392 g/mol. The Morgan fingerprint density at radius 2 is 1.92 bits per heavy atom. The summed E-state index contributed by atoms with van der Waals surface area (Å²) < 4.78 is 11.2. The number of hydrogen-bond acceptors (Lipinski definition) is 4. The summed E-state index contributed by atoms with van der Waals surface area (Å²) in [5.74, 6) is 0.862. The van der Waals surface area contributed by atoms with Crippen molar-refractivity contribution in [1.29, 1.82) is 5.26 Å². The number of carbonyl (C=O) groups is 1. The van der Waals surface area contributed by atoms with Gasteiger partial charge in [0.15, 0.2) is 11.5 Å². The van der Waals surface area contributed by atoms with E-state index in [-0.39, 0.29) is 18.9 Å². The maximum Gasteiger partial charge on any atom is 0.234 e. The smallest absolute Gasteiger partial charge is 0.234 e. The number of nitrogens with one attached hydrogen (secondary N) is 1. The van der Waals surface area contributed by atoms with E-state index in [0.717, 1.165) is 5.56 Å². The Labute approximate surface area is 162 Å². The Balaban J connectivity index is 2.05. The number of methoxy groups -OCH3 is 1. The third-order valence-corrected chi connectivity index (χ3v) is 4.35. The van der Waals surface area contributed by atoms with Gasteiger partial charge in [0, 0.05) is 22.2 Å². The van der Waals surface area contributed by atoms with E-state index in [4.69, 9.17) is 37.9 Å². The standard InChI is InChI=1S/C19H18Cl2N2O3/c1-25-17-6-5-13(8-10-23-19(24)7-9-22)11-18(17)26-12-14-15(20)3-2-4-16(14)21/h2-6,11H,7-8,10,12H2,1H3,(H,23,24). The molecule has 0 fully saturated rings. The molecule has 26 heavy (non-hydrogen) atoms. The van der Waals surface area contributed by atoms with Gasteiger partial charge in [-0.3, -0.25) is 4.79 Å². The van der Waals surface area contributed by atoms with Crippen LogP contribution in [0.25, 0.3) is 0 Å². The minimum atomic E-state index is -0.286. The molecule has 0 spiro atoms. The molecule has 0 saturated carbocycles. The molecule has 136 valence electrons. The SMILES string of the molecule is COc1ccc(CCNC(=O)CC#N)cc1OCc1c(Cl)cccc1Cl. The zero-order chi connectivity index (χ0) is 18.9. The highest BCUT2D eigenvalue weighted by atomic mass is 35.5. The first-order chi connectivity index (χ1) is 12.5. The van der Waals surface area contributed by atoms with Crippen LogP contribution in [0.2, 0.25) is 10.0 Å². The van der Waals surface area contributed by atoms with E-state index >= 15 is 0 Å². The lowest BCUT2D eigenvalue weighted by molar-refractivity contribution is -0.120. The third-order valence-electron chi connectivity index (χ3n) is 3.64. The minimum Gasteiger partial charge on any atom is -0.493 e. The van der Waals surface area contributed by atoms with Crippen LogP contribution in [0.4, 0.5) is 0 Å². The molecule has 2 rings (SSSR count). The second-order valence-corrected chi connectivity index (χ2v) is 6.22. The van der Waals surface area contributed by atoms with Crippen molar-refractivity contribution in [3.8, 4) is 17.6 Å². The summed E-state index contributed by atoms with van der Waals surface area (Å²) in [5, 5.41) is 12.2. The largest absolute Gasteiger partial charge is 0.493 e. The summed E-state index contributed by atoms with van der Waals surface area (Å²) in [6.07, 6.45) is 0.458. The zero-order valence-corrected chi connectivity index (χ0v) is 15.7. The molecule has 0 radical (unpaired) electrons. The van der Waals surface area contributed by atoms with E-state index in [0.29, 0.717) is 40.1 Å². The number of halogens is 2. The van der Waals surface area contributed by atoms with Gasteiger partial charge in [-0.2, -0.15) is 5.26 Å². The van der Waals surface area contributed by atoms with Crippen LogP contribution in [0.3, 0.4) is 0 Å². The van der Waals surface area contributed by atoms with Crippen LogP contribution in [0.15, 0.2) is 36.4 Å². The van der Waals surface area contributed by atoms with E-state index in [1.807, 2.05) is 18.2 Å². The Morgan fingerprint density at radius 1 is 1.19 bits per heavy atom. The first kappa shape index (κ1) is 19.9. The van der Waals surface area contributed by atoms with Gasteiger partial charge in [-0.15, -0.1) is 0 Å². The molecule has 1 N–H and O–H groups in total. The third kappa shape index (κ3) is 5.55. The summed E-state index contributed by atoms with van der Waals surface area (Å²) in [6, 6.07) is 12.6. The summed E-state index contributed by atoms with van der Waals surface area (Å²) in [7, 11) is 1.56. The van der Waals surface area contributed by atoms with Crippen LogP contribution < -0.4 is 14.8 Å². The number of hydrogen-bond donors (Lipinski definition) is 1. The summed E-state index contributed by atoms with van der Waals surface area (Å²) >= 11 is 12.3. The van der Waals surface area contributed by atoms with Crippen molar-refractivity contribution in [2.45, 2.75) is 19.4 Å². The lowest BCUT2D eigenvalue weighted by Gasteiger charge is -2.14. The fourth-order valence-electron chi connectivity index (χ4n) is 2.29. The molecule has 7 heteroatoms. The highest BCUT2D eigenvalue weighted by Gasteiger charge is 2.10. The quantitative estimate of drug-likeness (QED) is 0.731. The van der Waals surface area contributed by atoms with Gasteiger partial charge < -0.3 is 14.8 Å². The molecular formula is C19H18Cl2N2O3. The highest BCUT2D eigenvalue weighted by molar-refractivity contribution is 6.35.